The Bertz CT molecular complexity index is 860. The Hall–Kier alpha value is -2.07. The molecule has 23 heavy (non-hydrogen) atoms. The van der Waals surface area contributed by atoms with Crippen molar-refractivity contribution >= 4 is 33.1 Å². The maximum atomic E-state index is 12.9. The number of carbonyl (C=O) groups is 1. The van der Waals surface area contributed by atoms with E-state index in [2.05, 4.69) is 22.5 Å². The molecule has 2 aromatic rings. The fourth-order valence-electron chi connectivity index (χ4n) is 3.63. The second-order valence-corrected chi connectivity index (χ2v) is 7.13. The van der Waals surface area contributed by atoms with Gasteiger partial charge in [0.2, 0.25) is 5.91 Å². The Morgan fingerprint density at radius 1 is 1.26 bits per heavy atom. The normalized spacial score (nSPS) is 25.3. The minimum Gasteiger partial charge on any atom is -0.481 e. The van der Waals surface area contributed by atoms with Gasteiger partial charge in [-0.2, -0.15) is 0 Å². The summed E-state index contributed by atoms with van der Waals surface area (Å²) in [5.74, 6) is 0.435. The van der Waals surface area contributed by atoms with Crippen molar-refractivity contribution in [1.82, 2.24) is 0 Å². The van der Waals surface area contributed by atoms with E-state index in [-0.39, 0.29) is 11.8 Å². The van der Waals surface area contributed by atoms with Gasteiger partial charge < -0.3 is 9.64 Å². The van der Waals surface area contributed by atoms with E-state index >= 15 is 0 Å². The summed E-state index contributed by atoms with van der Waals surface area (Å²) in [6, 6.07) is 13.7. The van der Waals surface area contributed by atoms with Gasteiger partial charge in [-0.25, -0.2) is 0 Å². The number of nitrogens with zero attached hydrogens (tertiary/aromatic N) is 1. The Morgan fingerprint density at radius 3 is 2.78 bits per heavy atom. The first-order chi connectivity index (χ1) is 10.9. The summed E-state index contributed by atoms with van der Waals surface area (Å²) in [6.45, 7) is 6.21. The first-order valence-corrected chi connectivity index (χ1v) is 8.27. The molecule has 2 aromatic carbocycles. The zero-order valence-corrected chi connectivity index (χ0v) is 14.6. The van der Waals surface area contributed by atoms with E-state index in [4.69, 9.17) is 4.74 Å². The standard InChI is InChI=1S/C19H16BrNO2/c1-11-14-10-12(20)8-9-16(14)23-19(11,2)17-13-6-4-5-7-15(13)21(3)18(17)22/h4-10,17H,1H2,2-3H3/t17-,19+/m1/s1. The number of carbonyl (C=O) groups excluding carboxylic acids is 1. The second kappa shape index (κ2) is 4.71. The van der Waals surface area contributed by atoms with Crippen molar-refractivity contribution < 1.29 is 9.53 Å². The fourth-order valence-corrected chi connectivity index (χ4v) is 3.99. The second-order valence-electron chi connectivity index (χ2n) is 6.22. The van der Waals surface area contributed by atoms with Crippen molar-refractivity contribution in [3.63, 3.8) is 0 Å². The van der Waals surface area contributed by atoms with Crippen LogP contribution in [0.25, 0.3) is 5.57 Å². The van der Waals surface area contributed by atoms with Crippen molar-refractivity contribution in [3.8, 4) is 5.75 Å². The Morgan fingerprint density at radius 2 is 2.00 bits per heavy atom. The average Bonchev–Trinajstić information content (AvgIpc) is 2.94. The van der Waals surface area contributed by atoms with Gasteiger partial charge in [-0.3, -0.25) is 4.79 Å². The Balaban J connectivity index is 1.86. The molecule has 4 rings (SSSR count). The van der Waals surface area contributed by atoms with Gasteiger partial charge >= 0.3 is 0 Å². The molecule has 0 radical (unpaired) electrons. The summed E-state index contributed by atoms with van der Waals surface area (Å²) in [7, 11) is 1.81. The molecule has 0 saturated carbocycles. The van der Waals surface area contributed by atoms with Crippen LogP contribution in [0.2, 0.25) is 0 Å². The first kappa shape index (κ1) is 14.5. The molecule has 0 fully saturated rings. The molecular formula is C19H16BrNO2. The topological polar surface area (TPSA) is 29.5 Å². The van der Waals surface area contributed by atoms with Gasteiger partial charge in [-0.15, -0.1) is 0 Å². The van der Waals surface area contributed by atoms with Gasteiger partial charge in [-0.05, 0) is 36.8 Å². The van der Waals surface area contributed by atoms with E-state index in [0.717, 1.165) is 32.6 Å². The van der Waals surface area contributed by atoms with E-state index in [1.54, 1.807) is 4.90 Å². The number of hydrogen-bond acceptors (Lipinski definition) is 2. The van der Waals surface area contributed by atoms with Crippen LogP contribution in [0.5, 0.6) is 5.75 Å². The molecule has 1 amide bonds. The van der Waals surface area contributed by atoms with E-state index in [1.165, 1.54) is 0 Å². The molecule has 0 aromatic heterocycles. The van der Waals surface area contributed by atoms with Gasteiger partial charge in [0.15, 0.2) is 0 Å². The lowest BCUT2D eigenvalue weighted by Crippen LogP contribution is -2.42. The number of halogens is 1. The molecule has 2 aliphatic rings. The minimum absolute atomic E-state index is 0.0433. The molecule has 116 valence electrons. The number of ether oxygens (including phenoxy) is 1. The maximum Gasteiger partial charge on any atom is 0.238 e. The van der Waals surface area contributed by atoms with Crippen LogP contribution in [0.1, 0.15) is 24.0 Å². The van der Waals surface area contributed by atoms with Gasteiger partial charge in [-0.1, -0.05) is 40.7 Å². The summed E-state index contributed by atoms with van der Waals surface area (Å²) < 4.78 is 7.23. The van der Waals surface area contributed by atoms with Crippen molar-refractivity contribution in [1.29, 1.82) is 0 Å². The van der Waals surface area contributed by atoms with Gasteiger partial charge in [0.1, 0.15) is 17.3 Å². The first-order valence-electron chi connectivity index (χ1n) is 7.48. The highest BCUT2D eigenvalue weighted by molar-refractivity contribution is 9.10. The van der Waals surface area contributed by atoms with Crippen LogP contribution in [0.3, 0.4) is 0 Å². The van der Waals surface area contributed by atoms with Crippen LogP contribution in [-0.4, -0.2) is 18.6 Å². The lowest BCUT2D eigenvalue weighted by Gasteiger charge is -2.31. The molecule has 0 bridgehead atoms. The van der Waals surface area contributed by atoms with Gasteiger partial charge in [0.05, 0.1) is 0 Å². The van der Waals surface area contributed by atoms with E-state index in [0.29, 0.717) is 0 Å². The lowest BCUT2D eigenvalue weighted by atomic mass is 9.78. The summed E-state index contributed by atoms with van der Waals surface area (Å²) >= 11 is 3.49. The number of benzene rings is 2. The summed E-state index contributed by atoms with van der Waals surface area (Å²) in [6.07, 6.45) is 0. The lowest BCUT2D eigenvalue weighted by molar-refractivity contribution is -0.121. The summed E-state index contributed by atoms with van der Waals surface area (Å²) in [5.41, 5.74) is 2.97. The van der Waals surface area contributed by atoms with E-state index in [1.807, 2.05) is 56.4 Å². The zero-order valence-electron chi connectivity index (χ0n) is 13.0. The molecular weight excluding hydrogens is 354 g/mol. The number of likely N-dealkylation sites (N-methyl/N-ethyl adjacent to an activating group) is 1. The quantitative estimate of drug-likeness (QED) is 0.746. The predicted octanol–water partition coefficient (Wildman–Crippen LogP) is 4.37. The Labute approximate surface area is 143 Å². The third-order valence-electron chi connectivity index (χ3n) is 4.93. The molecule has 0 unspecified atom stereocenters. The largest absolute Gasteiger partial charge is 0.481 e. The molecule has 2 heterocycles. The molecule has 4 heteroatoms. The molecule has 0 N–H and O–H groups in total. The monoisotopic (exact) mass is 369 g/mol. The number of anilines is 1. The van der Waals surface area contributed by atoms with Crippen molar-refractivity contribution in [3.05, 3.63) is 64.6 Å². The molecule has 2 aliphatic heterocycles. The molecule has 0 spiro atoms. The highest BCUT2D eigenvalue weighted by Crippen LogP contribution is 2.54. The SMILES string of the molecule is C=C1c2cc(Br)ccc2O[C@]1(C)[C@H]1C(=O)N(C)c2ccccc21. The van der Waals surface area contributed by atoms with Crippen LogP contribution < -0.4 is 9.64 Å². The van der Waals surface area contributed by atoms with Crippen LogP contribution in [0.4, 0.5) is 5.69 Å². The third kappa shape index (κ3) is 1.84. The van der Waals surface area contributed by atoms with Gasteiger partial charge in [0, 0.05) is 28.3 Å². The van der Waals surface area contributed by atoms with Crippen molar-refractivity contribution in [2.45, 2.75) is 18.4 Å². The Kier molecular flexibility index (Phi) is 2.97. The summed E-state index contributed by atoms with van der Waals surface area (Å²) in [5, 5.41) is 0. The number of hydrogen-bond donors (Lipinski definition) is 0. The molecule has 0 aliphatic carbocycles. The molecule has 0 saturated heterocycles. The fraction of sp³-hybridized carbons (Fsp3) is 0.211. The number of amides is 1. The van der Waals surface area contributed by atoms with Crippen LogP contribution >= 0.6 is 15.9 Å². The van der Waals surface area contributed by atoms with Crippen LogP contribution in [0.15, 0.2) is 53.5 Å². The minimum atomic E-state index is -0.777. The van der Waals surface area contributed by atoms with E-state index in [9.17, 15) is 4.79 Å². The van der Waals surface area contributed by atoms with E-state index < -0.39 is 5.60 Å². The smallest absolute Gasteiger partial charge is 0.238 e. The third-order valence-corrected chi connectivity index (χ3v) is 5.42. The molecule has 2 atom stereocenters. The number of fused-ring (bicyclic) bond motifs is 2. The zero-order chi connectivity index (χ0) is 16.4. The number of rotatable bonds is 1. The van der Waals surface area contributed by atoms with Gasteiger partial charge in [0.25, 0.3) is 0 Å². The van der Waals surface area contributed by atoms with Crippen molar-refractivity contribution in [2.24, 2.45) is 0 Å². The summed E-state index contributed by atoms with van der Waals surface area (Å²) in [4.78, 5) is 14.6. The highest BCUT2D eigenvalue weighted by Gasteiger charge is 2.53. The van der Waals surface area contributed by atoms with Crippen LogP contribution in [0, 0.1) is 0 Å². The highest BCUT2D eigenvalue weighted by atomic mass is 79.9. The van der Waals surface area contributed by atoms with Crippen LogP contribution in [-0.2, 0) is 4.79 Å². The average molecular weight is 370 g/mol. The maximum absolute atomic E-state index is 12.9. The van der Waals surface area contributed by atoms with Crippen molar-refractivity contribution in [2.75, 3.05) is 11.9 Å². The predicted molar refractivity (Wildman–Crippen MR) is 94.8 cm³/mol. The number of para-hydroxylation sites is 1. The molecule has 3 nitrogen and oxygen atoms in total.